The summed E-state index contributed by atoms with van der Waals surface area (Å²) >= 11 is 6.26. The third-order valence-corrected chi connectivity index (χ3v) is 7.25. The van der Waals surface area contributed by atoms with E-state index in [0.717, 1.165) is 11.4 Å². The topological polar surface area (TPSA) is 119 Å². The summed E-state index contributed by atoms with van der Waals surface area (Å²) in [5.74, 6) is 0.0650. The normalized spacial score (nSPS) is 14.9. The molecule has 1 aliphatic rings. The van der Waals surface area contributed by atoms with E-state index < -0.39 is 15.9 Å². The average Bonchev–Trinajstić information content (AvgIpc) is 3.13. The number of morpholine rings is 1. The maximum Gasteiger partial charge on any atom is 0.258 e. The molecule has 1 aliphatic heterocycles. The largest absolute Gasteiger partial charge is 0.379 e. The van der Waals surface area contributed by atoms with Gasteiger partial charge in [0.2, 0.25) is 10.0 Å². The first-order chi connectivity index (χ1) is 15.6. The van der Waals surface area contributed by atoms with Crippen LogP contribution < -0.4 is 5.32 Å². The van der Waals surface area contributed by atoms with Crippen LogP contribution in [-0.4, -0.2) is 64.7 Å². The molecule has 1 saturated heterocycles. The lowest BCUT2D eigenvalue weighted by Crippen LogP contribution is -2.40. The minimum Gasteiger partial charge on any atom is -0.379 e. The van der Waals surface area contributed by atoms with Crippen molar-refractivity contribution in [2.24, 2.45) is 0 Å². The van der Waals surface area contributed by atoms with Gasteiger partial charge in [0, 0.05) is 30.5 Å². The molecular weight excluding hydrogens is 468 g/mol. The summed E-state index contributed by atoms with van der Waals surface area (Å²) in [4.78, 5) is 21.9. The monoisotopic (exact) mass is 490 g/mol. The number of amides is 1. The van der Waals surface area contributed by atoms with E-state index in [0.29, 0.717) is 30.7 Å². The number of halogens is 1. The van der Waals surface area contributed by atoms with Crippen molar-refractivity contribution in [3.05, 3.63) is 58.0 Å². The Morgan fingerprint density at radius 3 is 2.36 bits per heavy atom. The van der Waals surface area contributed by atoms with Gasteiger partial charge in [0.1, 0.15) is 5.82 Å². The van der Waals surface area contributed by atoms with Gasteiger partial charge in [0.15, 0.2) is 0 Å². The zero-order chi connectivity index (χ0) is 23.8. The lowest BCUT2D eigenvalue weighted by molar-refractivity contribution is 0.0730. The van der Waals surface area contributed by atoms with Crippen molar-refractivity contribution in [2.45, 2.75) is 25.7 Å². The predicted molar refractivity (Wildman–Crippen MR) is 122 cm³/mol. The van der Waals surface area contributed by atoms with Crippen LogP contribution in [0.15, 0.2) is 35.2 Å². The Morgan fingerprint density at radius 1 is 1.03 bits per heavy atom. The van der Waals surface area contributed by atoms with Gasteiger partial charge in [-0.3, -0.25) is 4.79 Å². The highest BCUT2D eigenvalue weighted by Crippen LogP contribution is 2.25. The van der Waals surface area contributed by atoms with Crippen LogP contribution in [0.2, 0.25) is 5.02 Å². The van der Waals surface area contributed by atoms with Crippen molar-refractivity contribution in [3.8, 4) is 5.95 Å². The number of nitrogens with one attached hydrogen (secondary N) is 1. The maximum absolute atomic E-state index is 13.1. The summed E-state index contributed by atoms with van der Waals surface area (Å²) in [5, 5.41) is 7.26. The fourth-order valence-corrected chi connectivity index (χ4v) is 5.14. The van der Waals surface area contributed by atoms with E-state index in [1.54, 1.807) is 13.0 Å². The lowest BCUT2D eigenvalue weighted by Gasteiger charge is -2.26. The third-order valence-electron chi connectivity index (χ3n) is 5.02. The molecule has 0 unspecified atom stereocenters. The molecule has 10 nitrogen and oxygen atoms in total. The van der Waals surface area contributed by atoms with E-state index in [9.17, 15) is 13.2 Å². The second-order valence-corrected chi connectivity index (χ2v) is 9.99. The molecule has 0 bridgehead atoms. The number of carbonyl (C=O) groups is 1. The Labute approximate surface area is 196 Å². The lowest BCUT2D eigenvalue weighted by atomic mass is 10.2. The minimum absolute atomic E-state index is 0.0127. The first kappa shape index (κ1) is 23.3. The van der Waals surface area contributed by atoms with Crippen LogP contribution in [-0.2, 0) is 14.8 Å². The number of nitrogens with zero attached hydrogens (tertiary/aromatic N) is 5. The number of benzene rings is 1. The SMILES string of the molecule is Cc1cc(C)nc(-n2nc(C)cc2NC(=O)c2cc(S(=O)(=O)N3CCOCC3)ccc2Cl)n1. The van der Waals surface area contributed by atoms with Gasteiger partial charge in [-0.15, -0.1) is 0 Å². The van der Waals surface area contributed by atoms with E-state index in [1.165, 1.54) is 27.2 Å². The summed E-state index contributed by atoms with van der Waals surface area (Å²) in [6.45, 7) is 6.60. The van der Waals surface area contributed by atoms with Crippen LogP contribution in [0.4, 0.5) is 5.82 Å². The minimum atomic E-state index is -3.79. The molecule has 4 rings (SSSR count). The van der Waals surface area contributed by atoms with Crippen molar-refractivity contribution >= 4 is 33.3 Å². The molecule has 0 aliphatic carbocycles. The van der Waals surface area contributed by atoms with Gasteiger partial charge in [-0.1, -0.05) is 11.6 Å². The fourth-order valence-electron chi connectivity index (χ4n) is 3.50. The van der Waals surface area contributed by atoms with Gasteiger partial charge in [-0.25, -0.2) is 18.4 Å². The molecule has 174 valence electrons. The van der Waals surface area contributed by atoms with Gasteiger partial charge in [-0.2, -0.15) is 14.1 Å². The second-order valence-electron chi connectivity index (χ2n) is 7.65. The number of rotatable bonds is 5. The van der Waals surface area contributed by atoms with Crippen molar-refractivity contribution in [1.29, 1.82) is 0 Å². The number of aromatic nitrogens is 4. The van der Waals surface area contributed by atoms with Crippen molar-refractivity contribution in [1.82, 2.24) is 24.1 Å². The zero-order valence-corrected chi connectivity index (χ0v) is 19.9. The molecule has 12 heteroatoms. The molecular formula is C21H23ClN6O4S. The Bertz CT molecular complexity index is 1300. The molecule has 0 radical (unpaired) electrons. The molecule has 0 atom stereocenters. The summed E-state index contributed by atoms with van der Waals surface area (Å²) in [6.07, 6.45) is 0. The summed E-state index contributed by atoms with van der Waals surface area (Å²) in [7, 11) is -3.79. The highest BCUT2D eigenvalue weighted by atomic mass is 35.5. The summed E-state index contributed by atoms with van der Waals surface area (Å²) in [6, 6.07) is 7.57. The van der Waals surface area contributed by atoms with E-state index in [2.05, 4.69) is 20.4 Å². The standard InChI is InChI=1S/C21H23ClN6O4S/c1-13-10-14(2)24-21(23-13)28-19(11-15(3)26-28)25-20(29)17-12-16(4-5-18(17)22)33(30,31)27-6-8-32-9-7-27/h4-5,10-12H,6-9H2,1-3H3,(H,25,29). The van der Waals surface area contributed by atoms with Gasteiger partial charge >= 0.3 is 0 Å². The predicted octanol–water partition coefficient (Wildman–Crippen LogP) is 2.51. The molecule has 1 fully saturated rings. The number of hydrogen-bond acceptors (Lipinski definition) is 7. The molecule has 1 aromatic carbocycles. The van der Waals surface area contributed by atoms with E-state index in [1.807, 2.05) is 19.9 Å². The van der Waals surface area contributed by atoms with Gasteiger partial charge < -0.3 is 10.1 Å². The molecule has 33 heavy (non-hydrogen) atoms. The van der Waals surface area contributed by atoms with Crippen LogP contribution in [0.5, 0.6) is 0 Å². The molecule has 0 saturated carbocycles. The number of sulfonamides is 1. The highest BCUT2D eigenvalue weighted by molar-refractivity contribution is 7.89. The van der Waals surface area contributed by atoms with Crippen molar-refractivity contribution in [2.75, 3.05) is 31.6 Å². The first-order valence-corrected chi connectivity index (χ1v) is 12.0. The Kier molecular flexibility index (Phi) is 6.48. The van der Waals surface area contributed by atoms with Crippen LogP contribution in [0.25, 0.3) is 5.95 Å². The van der Waals surface area contributed by atoms with E-state index in [4.69, 9.17) is 16.3 Å². The van der Waals surface area contributed by atoms with Crippen LogP contribution in [0.3, 0.4) is 0 Å². The highest BCUT2D eigenvalue weighted by Gasteiger charge is 2.28. The molecule has 1 N–H and O–H groups in total. The number of hydrogen-bond donors (Lipinski definition) is 1. The van der Waals surface area contributed by atoms with Gasteiger partial charge in [0.05, 0.1) is 34.4 Å². The molecule has 3 heterocycles. The van der Waals surface area contributed by atoms with Crippen LogP contribution >= 0.6 is 11.6 Å². The number of carbonyl (C=O) groups excluding carboxylic acids is 1. The quantitative estimate of drug-likeness (QED) is 0.583. The van der Waals surface area contributed by atoms with Crippen LogP contribution in [0, 0.1) is 20.8 Å². The summed E-state index contributed by atoms with van der Waals surface area (Å²) in [5.41, 5.74) is 2.18. The van der Waals surface area contributed by atoms with Crippen molar-refractivity contribution in [3.63, 3.8) is 0 Å². The molecule has 1 amide bonds. The fraction of sp³-hybridized carbons (Fsp3) is 0.333. The third kappa shape index (κ3) is 4.91. The Morgan fingerprint density at radius 2 is 1.70 bits per heavy atom. The number of ether oxygens (including phenoxy) is 1. The van der Waals surface area contributed by atoms with Gasteiger partial charge in [0.25, 0.3) is 11.9 Å². The smallest absolute Gasteiger partial charge is 0.258 e. The Hall–Kier alpha value is -2.86. The summed E-state index contributed by atoms with van der Waals surface area (Å²) < 4.78 is 34.0. The first-order valence-electron chi connectivity index (χ1n) is 10.2. The second kappa shape index (κ2) is 9.18. The van der Waals surface area contributed by atoms with Gasteiger partial charge in [-0.05, 0) is 45.0 Å². The average molecular weight is 491 g/mol. The number of anilines is 1. The maximum atomic E-state index is 13.1. The van der Waals surface area contributed by atoms with Crippen molar-refractivity contribution < 1.29 is 17.9 Å². The van der Waals surface area contributed by atoms with E-state index in [-0.39, 0.29) is 28.6 Å². The molecule has 0 spiro atoms. The van der Waals surface area contributed by atoms with E-state index >= 15 is 0 Å². The number of aryl methyl sites for hydroxylation is 3. The van der Waals surface area contributed by atoms with Crippen LogP contribution in [0.1, 0.15) is 27.4 Å². The Balaban J connectivity index is 1.66. The zero-order valence-electron chi connectivity index (χ0n) is 18.4. The molecule has 2 aromatic heterocycles. The molecule has 3 aromatic rings.